The van der Waals surface area contributed by atoms with Crippen LogP contribution in [0.5, 0.6) is 0 Å². The molecule has 5 heteroatoms. The topological polar surface area (TPSA) is 17.8 Å². The largest absolute Gasteiger partial charge is 0.222 e. The lowest BCUT2D eigenvalue weighted by Crippen LogP contribution is -1.98. The second-order valence-corrected chi connectivity index (χ2v) is 4.96. The molecule has 18 heavy (non-hydrogen) atoms. The Kier molecular flexibility index (Phi) is 3.93. The van der Waals surface area contributed by atoms with Gasteiger partial charge in [-0.2, -0.15) is 5.10 Å². The van der Waals surface area contributed by atoms with Crippen LogP contribution in [-0.2, 0) is 5.88 Å². The first-order valence-corrected chi connectivity index (χ1v) is 6.55. The maximum absolute atomic E-state index is 12.9. The summed E-state index contributed by atoms with van der Waals surface area (Å²) in [6.07, 6.45) is 0. The highest BCUT2D eigenvalue weighted by Crippen LogP contribution is 2.29. The van der Waals surface area contributed by atoms with Crippen LogP contribution in [0.2, 0.25) is 5.15 Å². The summed E-state index contributed by atoms with van der Waals surface area (Å²) in [5.74, 6) is 0.259. The minimum atomic E-state index is -0.288. The number of benzene rings is 1. The number of hydrogen-bond donors (Lipinski definition) is 0. The number of rotatable bonds is 3. The van der Waals surface area contributed by atoms with Crippen molar-refractivity contribution in [3.05, 3.63) is 46.5 Å². The summed E-state index contributed by atoms with van der Waals surface area (Å²) >= 11 is 12.2. The Bertz CT molecular complexity index is 547. The van der Waals surface area contributed by atoms with Gasteiger partial charge in [-0.3, -0.25) is 0 Å². The van der Waals surface area contributed by atoms with Gasteiger partial charge >= 0.3 is 0 Å². The van der Waals surface area contributed by atoms with Gasteiger partial charge in [0.25, 0.3) is 0 Å². The van der Waals surface area contributed by atoms with Gasteiger partial charge in [0.05, 0.1) is 17.3 Å². The highest BCUT2D eigenvalue weighted by atomic mass is 35.5. The zero-order valence-electron chi connectivity index (χ0n) is 10.1. The van der Waals surface area contributed by atoms with E-state index in [0.29, 0.717) is 11.0 Å². The van der Waals surface area contributed by atoms with Crippen molar-refractivity contribution >= 4 is 23.2 Å². The van der Waals surface area contributed by atoms with Gasteiger partial charge in [-0.15, -0.1) is 11.6 Å². The summed E-state index contributed by atoms with van der Waals surface area (Å²) < 4.78 is 14.5. The van der Waals surface area contributed by atoms with Crippen molar-refractivity contribution in [2.75, 3.05) is 0 Å². The van der Waals surface area contributed by atoms with E-state index >= 15 is 0 Å². The molecule has 0 aliphatic heterocycles. The average molecular weight is 287 g/mol. The second-order valence-electron chi connectivity index (χ2n) is 4.33. The van der Waals surface area contributed by atoms with Crippen molar-refractivity contribution in [1.82, 2.24) is 9.78 Å². The second kappa shape index (κ2) is 5.29. The first kappa shape index (κ1) is 13.4. The fourth-order valence-electron chi connectivity index (χ4n) is 1.79. The maximum Gasteiger partial charge on any atom is 0.137 e. The first-order chi connectivity index (χ1) is 8.54. The Labute approximate surface area is 115 Å². The van der Waals surface area contributed by atoms with Crippen LogP contribution >= 0.6 is 23.2 Å². The van der Waals surface area contributed by atoms with Crippen molar-refractivity contribution in [2.45, 2.75) is 25.6 Å². The van der Waals surface area contributed by atoms with Crippen molar-refractivity contribution in [2.24, 2.45) is 0 Å². The molecule has 2 rings (SSSR count). The van der Waals surface area contributed by atoms with Crippen molar-refractivity contribution in [3.8, 4) is 5.69 Å². The van der Waals surface area contributed by atoms with Gasteiger partial charge in [0.1, 0.15) is 11.0 Å². The molecule has 1 aromatic carbocycles. The van der Waals surface area contributed by atoms with Crippen LogP contribution in [0, 0.1) is 5.82 Å². The van der Waals surface area contributed by atoms with Crippen LogP contribution in [-0.4, -0.2) is 9.78 Å². The zero-order chi connectivity index (χ0) is 13.3. The van der Waals surface area contributed by atoms with Crippen LogP contribution < -0.4 is 0 Å². The molecule has 2 nitrogen and oxygen atoms in total. The van der Waals surface area contributed by atoms with Crippen molar-refractivity contribution in [3.63, 3.8) is 0 Å². The molecular weight excluding hydrogens is 274 g/mol. The molecule has 0 saturated carbocycles. The van der Waals surface area contributed by atoms with Gasteiger partial charge in [-0.25, -0.2) is 9.07 Å². The number of nitrogens with zero attached hydrogens (tertiary/aromatic N) is 2. The molecule has 2 aromatic rings. The molecule has 0 radical (unpaired) electrons. The number of hydrogen-bond acceptors (Lipinski definition) is 1. The lowest BCUT2D eigenvalue weighted by molar-refractivity contribution is 0.627. The molecule has 0 unspecified atom stereocenters. The van der Waals surface area contributed by atoms with E-state index in [9.17, 15) is 4.39 Å². The smallest absolute Gasteiger partial charge is 0.137 e. The van der Waals surface area contributed by atoms with E-state index in [4.69, 9.17) is 23.2 Å². The molecular formula is C13H13Cl2FN2. The standard InChI is InChI=1S/C13H13Cl2FN2/c1-8(2)12-11(7-14)13(15)18(17-12)10-5-3-9(16)4-6-10/h3-6,8H,7H2,1-2H3. The van der Waals surface area contributed by atoms with E-state index in [-0.39, 0.29) is 11.7 Å². The van der Waals surface area contributed by atoms with Crippen LogP contribution in [0.1, 0.15) is 31.0 Å². The molecule has 0 N–H and O–H groups in total. The molecule has 0 spiro atoms. The van der Waals surface area contributed by atoms with Gasteiger partial charge in [0.15, 0.2) is 0 Å². The number of aromatic nitrogens is 2. The average Bonchev–Trinajstić information content (AvgIpc) is 2.67. The van der Waals surface area contributed by atoms with Gasteiger partial charge in [-0.1, -0.05) is 25.4 Å². The summed E-state index contributed by atoms with van der Waals surface area (Å²) in [7, 11) is 0. The third kappa shape index (κ3) is 2.38. The minimum Gasteiger partial charge on any atom is -0.222 e. The Morgan fingerprint density at radius 3 is 2.33 bits per heavy atom. The predicted molar refractivity (Wildman–Crippen MR) is 72.2 cm³/mol. The minimum absolute atomic E-state index is 0.234. The molecule has 0 aliphatic rings. The van der Waals surface area contributed by atoms with Crippen LogP contribution in [0.15, 0.2) is 24.3 Å². The van der Waals surface area contributed by atoms with Gasteiger partial charge in [-0.05, 0) is 30.2 Å². The molecule has 0 saturated heterocycles. The Hall–Kier alpha value is -1.06. The van der Waals surface area contributed by atoms with E-state index in [1.165, 1.54) is 12.1 Å². The van der Waals surface area contributed by atoms with E-state index in [2.05, 4.69) is 5.10 Å². The Morgan fingerprint density at radius 1 is 1.28 bits per heavy atom. The van der Waals surface area contributed by atoms with Crippen molar-refractivity contribution < 1.29 is 4.39 Å². The Balaban J connectivity index is 2.55. The monoisotopic (exact) mass is 286 g/mol. The van der Waals surface area contributed by atoms with E-state index < -0.39 is 0 Å². The molecule has 0 fully saturated rings. The number of alkyl halides is 1. The lowest BCUT2D eigenvalue weighted by Gasteiger charge is -2.02. The molecule has 0 atom stereocenters. The SMILES string of the molecule is CC(C)c1nn(-c2ccc(F)cc2)c(Cl)c1CCl. The lowest BCUT2D eigenvalue weighted by atomic mass is 10.1. The molecule has 96 valence electrons. The molecule has 1 heterocycles. The van der Waals surface area contributed by atoms with Crippen molar-refractivity contribution in [1.29, 1.82) is 0 Å². The fourth-order valence-corrected chi connectivity index (χ4v) is 2.42. The summed E-state index contributed by atoms with van der Waals surface area (Å²) in [5, 5.41) is 4.94. The molecule has 0 bridgehead atoms. The van der Waals surface area contributed by atoms with Gasteiger partial charge < -0.3 is 0 Å². The number of halogens is 3. The predicted octanol–water partition coefficient (Wildman–Crippen LogP) is 4.53. The highest BCUT2D eigenvalue weighted by molar-refractivity contribution is 6.31. The third-order valence-corrected chi connectivity index (χ3v) is 3.36. The van der Waals surface area contributed by atoms with Crippen LogP contribution in [0.4, 0.5) is 4.39 Å². The third-order valence-electron chi connectivity index (χ3n) is 2.70. The normalized spacial score (nSPS) is 11.2. The summed E-state index contributed by atoms with van der Waals surface area (Å²) in [6.45, 7) is 4.06. The van der Waals surface area contributed by atoms with Gasteiger partial charge in [0, 0.05) is 5.56 Å². The summed E-state index contributed by atoms with van der Waals surface area (Å²) in [6, 6.07) is 6.03. The first-order valence-electron chi connectivity index (χ1n) is 5.63. The molecule has 0 aliphatic carbocycles. The summed E-state index contributed by atoms with van der Waals surface area (Å²) in [4.78, 5) is 0. The Morgan fingerprint density at radius 2 is 1.89 bits per heavy atom. The van der Waals surface area contributed by atoms with E-state index in [1.54, 1.807) is 16.8 Å². The van der Waals surface area contributed by atoms with Gasteiger partial charge in [0.2, 0.25) is 0 Å². The van der Waals surface area contributed by atoms with E-state index in [0.717, 1.165) is 16.9 Å². The quantitative estimate of drug-likeness (QED) is 0.758. The molecule has 1 aromatic heterocycles. The molecule has 0 amide bonds. The highest BCUT2D eigenvalue weighted by Gasteiger charge is 2.18. The maximum atomic E-state index is 12.9. The zero-order valence-corrected chi connectivity index (χ0v) is 11.6. The van der Waals surface area contributed by atoms with E-state index in [1.807, 2.05) is 13.8 Å². The fraction of sp³-hybridized carbons (Fsp3) is 0.308. The van der Waals surface area contributed by atoms with Crippen LogP contribution in [0.25, 0.3) is 5.69 Å². The summed E-state index contributed by atoms with van der Waals surface area (Å²) in [5.41, 5.74) is 2.43. The van der Waals surface area contributed by atoms with Crippen LogP contribution in [0.3, 0.4) is 0 Å².